The summed E-state index contributed by atoms with van der Waals surface area (Å²) in [6, 6.07) is 15.7. The van der Waals surface area contributed by atoms with Gasteiger partial charge in [-0.25, -0.2) is 19.6 Å². The molecule has 4 nitrogen and oxygen atoms in total. The number of hydrogen-bond donors (Lipinski definition) is 0. The summed E-state index contributed by atoms with van der Waals surface area (Å²) >= 11 is 0. The number of hydrogen-bond acceptors (Lipinski definition) is 4. The first-order chi connectivity index (χ1) is 10.9. The Morgan fingerprint density at radius 3 is 1.23 bits per heavy atom. The fourth-order valence-corrected chi connectivity index (χ4v) is 2.87. The van der Waals surface area contributed by atoms with E-state index in [1.807, 2.05) is 48.5 Å². The normalized spacial score (nSPS) is 10.2. The lowest BCUT2D eigenvalue weighted by Crippen LogP contribution is -1.94. The van der Waals surface area contributed by atoms with Crippen LogP contribution in [-0.4, -0.2) is 12.2 Å². The van der Waals surface area contributed by atoms with Crippen LogP contribution in [0.2, 0.25) is 0 Å². The molecule has 0 aromatic heterocycles. The average Bonchev–Trinajstić information content (AvgIpc) is 2.58. The zero-order chi connectivity index (χ0) is 15.4. The fraction of sp³-hybridized carbons (Fsp3) is 0.111. The van der Waals surface area contributed by atoms with Gasteiger partial charge in [0.1, 0.15) is 0 Å². The van der Waals surface area contributed by atoms with E-state index in [1.54, 1.807) is 12.2 Å². The van der Waals surface area contributed by atoms with Crippen LogP contribution in [0.25, 0.3) is 21.5 Å². The van der Waals surface area contributed by atoms with Crippen LogP contribution in [0.4, 0.5) is 0 Å². The molecule has 0 saturated heterocycles. The molecule has 0 bridgehead atoms. The Kier molecular flexibility index (Phi) is 3.88. The molecule has 106 valence electrons. The van der Waals surface area contributed by atoms with Gasteiger partial charge < -0.3 is 0 Å². The minimum Gasteiger partial charge on any atom is -0.211 e. The molecule has 3 aromatic carbocycles. The molecule has 4 heteroatoms. The number of fused-ring (bicyclic) bond motifs is 2. The van der Waals surface area contributed by atoms with Crippen LogP contribution in [0.3, 0.4) is 0 Å². The van der Waals surface area contributed by atoms with Gasteiger partial charge in [-0.2, -0.15) is 0 Å². The molecule has 0 fully saturated rings. The predicted molar refractivity (Wildman–Crippen MR) is 85.1 cm³/mol. The van der Waals surface area contributed by atoms with Gasteiger partial charge in [0.15, 0.2) is 0 Å². The molecule has 0 unspecified atom stereocenters. The lowest BCUT2D eigenvalue weighted by Gasteiger charge is -2.14. The molecule has 3 aromatic rings. The van der Waals surface area contributed by atoms with Gasteiger partial charge in [0.25, 0.3) is 0 Å². The van der Waals surface area contributed by atoms with E-state index < -0.39 is 0 Å². The van der Waals surface area contributed by atoms with E-state index in [-0.39, 0.29) is 13.1 Å². The van der Waals surface area contributed by atoms with Crippen LogP contribution in [0.1, 0.15) is 11.1 Å². The van der Waals surface area contributed by atoms with Crippen LogP contribution in [0.5, 0.6) is 0 Å². The summed E-state index contributed by atoms with van der Waals surface area (Å²) in [5.74, 6) is 0. The van der Waals surface area contributed by atoms with E-state index >= 15 is 0 Å². The van der Waals surface area contributed by atoms with Crippen molar-refractivity contribution in [3.63, 3.8) is 0 Å². The highest BCUT2D eigenvalue weighted by molar-refractivity contribution is 6.05. The van der Waals surface area contributed by atoms with Crippen LogP contribution in [0, 0.1) is 0 Å². The van der Waals surface area contributed by atoms with Crippen LogP contribution in [0.15, 0.2) is 58.5 Å². The van der Waals surface area contributed by atoms with Crippen molar-refractivity contribution in [2.45, 2.75) is 13.1 Å². The Morgan fingerprint density at radius 2 is 0.955 bits per heavy atom. The van der Waals surface area contributed by atoms with Crippen LogP contribution >= 0.6 is 0 Å². The van der Waals surface area contributed by atoms with E-state index in [0.717, 1.165) is 32.7 Å². The lowest BCUT2D eigenvalue weighted by molar-refractivity contribution is 0.562. The van der Waals surface area contributed by atoms with E-state index in [4.69, 9.17) is 0 Å². The largest absolute Gasteiger partial charge is 0.235 e. The van der Waals surface area contributed by atoms with E-state index in [1.165, 1.54) is 0 Å². The van der Waals surface area contributed by atoms with Crippen molar-refractivity contribution in [1.82, 2.24) is 0 Å². The maximum absolute atomic E-state index is 10.5. The third-order valence-corrected chi connectivity index (χ3v) is 3.76. The zero-order valence-electron chi connectivity index (χ0n) is 11.7. The van der Waals surface area contributed by atoms with Gasteiger partial charge >= 0.3 is 0 Å². The van der Waals surface area contributed by atoms with Crippen molar-refractivity contribution in [1.29, 1.82) is 0 Å². The van der Waals surface area contributed by atoms with E-state index in [9.17, 15) is 9.59 Å². The van der Waals surface area contributed by atoms with Crippen molar-refractivity contribution in [3.05, 3.63) is 59.7 Å². The van der Waals surface area contributed by atoms with Crippen molar-refractivity contribution in [2.24, 2.45) is 9.98 Å². The summed E-state index contributed by atoms with van der Waals surface area (Å²) in [5.41, 5.74) is 1.96. The van der Waals surface area contributed by atoms with Crippen molar-refractivity contribution in [3.8, 4) is 0 Å². The van der Waals surface area contributed by atoms with Gasteiger partial charge in [0.2, 0.25) is 12.2 Å². The minimum atomic E-state index is 0.280. The second-order valence-corrected chi connectivity index (χ2v) is 4.86. The molecule has 0 heterocycles. The molecule has 0 saturated carbocycles. The first kappa shape index (κ1) is 13.9. The number of aliphatic imine (C=N–C) groups is 2. The monoisotopic (exact) mass is 288 g/mol. The van der Waals surface area contributed by atoms with Crippen molar-refractivity contribution >= 4 is 33.7 Å². The Morgan fingerprint density at radius 1 is 0.636 bits per heavy atom. The molecule has 3 rings (SSSR count). The third-order valence-electron chi connectivity index (χ3n) is 3.76. The Bertz CT molecular complexity index is 815. The lowest BCUT2D eigenvalue weighted by atomic mass is 9.91. The van der Waals surface area contributed by atoms with Gasteiger partial charge in [-0.1, -0.05) is 48.5 Å². The second-order valence-electron chi connectivity index (χ2n) is 4.86. The molecule has 0 amide bonds. The molecule has 0 aliphatic heterocycles. The molecular formula is C18H12N2O2. The van der Waals surface area contributed by atoms with Gasteiger partial charge in [-0.15, -0.1) is 0 Å². The van der Waals surface area contributed by atoms with Gasteiger partial charge in [-0.3, -0.25) is 0 Å². The highest BCUT2D eigenvalue weighted by Gasteiger charge is 2.12. The van der Waals surface area contributed by atoms with Crippen LogP contribution < -0.4 is 0 Å². The molecule has 0 atom stereocenters. The summed E-state index contributed by atoms with van der Waals surface area (Å²) in [5, 5.41) is 4.04. The fourth-order valence-electron chi connectivity index (χ4n) is 2.87. The standard InChI is InChI=1S/C18H12N2O2/c21-11-19-9-17-13-5-1-2-6-14(13)18(10-20-12-22)16-8-4-3-7-15(16)17/h1-8H,9-10H2. The third kappa shape index (κ3) is 2.33. The smallest absolute Gasteiger partial charge is 0.211 e. The first-order valence-electron chi connectivity index (χ1n) is 6.85. The highest BCUT2D eigenvalue weighted by atomic mass is 16.1. The Hall–Kier alpha value is -3.06. The maximum atomic E-state index is 10.5. The van der Waals surface area contributed by atoms with Crippen LogP contribution in [-0.2, 0) is 22.7 Å². The molecule has 22 heavy (non-hydrogen) atoms. The summed E-state index contributed by atoms with van der Waals surface area (Å²) in [7, 11) is 0. The zero-order valence-corrected chi connectivity index (χ0v) is 11.7. The molecule has 0 radical (unpaired) electrons. The maximum Gasteiger partial charge on any atom is 0.235 e. The summed E-state index contributed by atoms with van der Waals surface area (Å²) in [6.07, 6.45) is 3.20. The number of isocyanates is 2. The first-order valence-corrected chi connectivity index (χ1v) is 6.85. The van der Waals surface area contributed by atoms with E-state index in [0.29, 0.717) is 0 Å². The molecule has 0 aliphatic carbocycles. The predicted octanol–water partition coefficient (Wildman–Crippen LogP) is 3.66. The number of benzene rings is 3. The van der Waals surface area contributed by atoms with Gasteiger partial charge in [-0.05, 0) is 32.7 Å². The summed E-state index contributed by atoms with van der Waals surface area (Å²) < 4.78 is 0. The molecular weight excluding hydrogens is 276 g/mol. The van der Waals surface area contributed by atoms with Gasteiger partial charge in [0, 0.05) is 0 Å². The summed E-state index contributed by atoms with van der Waals surface area (Å²) in [6.45, 7) is 0.559. The minimum absolute atomic E-state index is 0.280. The van der Waals surface area contributed by atoms with Crippen molar-refractivity contribution in [2.75, 3.05) is 0 Å². The SMILES string of the molecule is O=C=NCc1c2ccccc2c(CN=C=O)c2ccccc12. The average molecular weight is 288 g/mol. The van der Waals surface area contributed by atoms with Gasteiger partial charge in [0.05, 0.1) is 13.1 Å². The topological polar surface area (TPSA) is 58.9 Å². The number of carbonyl (C=O) groups excluding carboxylic acids is 2. The summed E-state index contributed by atoms with van der Waals surface area (Å²) in [4.78, 5) is 28.5. The van der Waals surface area contributed by atoms with Crippen molar-refractivity contribution < 1.29 is 9.59 Å². The highest BCUT2D eigenvalue weighted by Crippen LogP contribution is 2.33. The molecule has 0 spiro atoms. The Labute approximate surface area is 126 Å². The van der Waals surface area contributed by atoms with E-state index in [2.05, 4.69) is 9.98 Å². The second kappa shape index (κ2) is 6.15. The molecule has 0 N–H and O–H groups in total. The Balaban J connectivity index is 2.46. The molecule has 0 aliphatic rings. The number of rotatable bonds is 4. The number of nitrogens with zero attached hydrogens (tertiary/aromatic N) is 2. The quantitative estimate of drug-likeness (QED) is 0.418.